The highest BCUT2D eigenvalue weighted by Gasteiger charge is 2.20. The van der Waals surface area contributed by atoms with E-state index in [1.165, 1.54) is 10.6 Å². The van der Waals surface area contributed by atoms with E-state index in [4.69, 9.17) is 14.5 Å². The van der Waals surface area contributed by atoms with Crippen molar-refractivity contribution in [1.29, 1.82) is 0 Å². The Morgan fingerprint density at radius 2 is 1.87 bits per heavy atom. The first kappa shape index (κ1) is 25.7. The van der Waals surface area contributed by atoms with Crippen molar-refractivity contribution >= 4 is 41.3 Å². The molecule has 0 bridgehead atoms. The molecular weight excluding hydrogens is 525 g/mol. The highest BCUT2D eigenvalue weighted by molar-refractivity contribution is 14.0. The number of thiazole rings is 1. The van der Waals surface area contributed by atoms with Crippen LogP contribution >= 0.6 is 35.3 Å². The number of nitrogens with zero attached hydrogens (tertiary/aromatic N) is 4. The SMILES string of the molecule is CCNC(=NCc1csc(CC)n1)N1CCN(Cc2ccc(OC)c(OC)c2)CC1.I. The monoisotopic (exact) mass is 559 g/mol. The molecule has 2 heterocycles. The number of aromatic nitrogens is 1. The fourth-order valence-corrected chi connectivity index (χ4v) is 4.26. The first-order chi connectivity index (χ1) is 14.7. The summed E-state index contributed by atoms with van der Waals surface area (Å²) < 4.78 is 10.8. The Morgan fingerprint density at radius 3 is 2.48 bits per heavy atom. The number of aliphatic imine (C=N–C) groups is 1. The number of piperazine rings is 1. The average Bonchev–Trinajstić information content (AvgIpc) is 3.25. The minimum Gasteiger partial charge on any atom is -0.493 e. The second kappa shape index (κ2) is 13.1. The molecule has 0 spiro atoms. The van der Waals surface area contributed by atoms with Gasteiger partial charge in [0.1, 0.15) is 0 Å². The summed E-state index contributed by atoms with van der Waals surface area (Å²) in [6, 6.07) is 6.15. The zero-order chi connectivity index (χ0) is 21.3. The molecule has 1 fully saturated rings. The van der Waals surface area contributed by atoms with E-state index >= 15 is 0 Å². The molecule has 1 aliphatic rings. The van der Waals surface area contributed by atoms with Gasteiger partial charge in [0.2, 0.25) is 0 Å². The van der Waals surface area contributed by atoms with Crippen LogP contribution in [0.4, 0.5) is 0 Å². The van der Waals surface area contributed by atoms with Crippen LogP contribution in [0, 0.1) is 0 Å². The van der Waals surface area contributed by atoms with Crippen LogP contribution in [0.1, 0.15) is 30.1 Å². The molecule has 1 aromatic carbocycles. The van der Waals surface area contributed by atoms with Crippen molar-refractivity contribution in [2.75, 3.05) is 46.9 Å². The van der Waals surface area contributed by atoms with Crippen LogP contribution < -0.4 is 14.8 Å². The molecule has 1 N–H and O–H groups in total. The Hall–Kier alpha value is -1.59. The molecule has 9 heteroatoms. The molecule has 1 saturated heterocycles. The van der Waals surface area contributed by atoms with Gasteiger partial charge < -0.3 is 19.7 Å². The summed E-state index contributed by atoms with van der Waals surface area (Å²) in [5, 5.41) is 6.73. The summed E-state index contributed by atoms with van der Waals surface area (Å²) in [7, 11) is 3.34. The van der Waals surface area contributed by atoms with Gasteiger partial charge in [0, 0.05) is 44.6 Å². The van der Waals surface area contributed by atoms with Crippen LogP contribution in [0.2, 0.25) is 0 Å². The highest BCUT2D eigenvalue weighted by atomic mass is 127. The predicted octanol–water partition coefficient (Wildman–Crippen LogP) is 3.62. The predicted molar refractivity (Wildman–Crippen MR) is 138 cm³/mol. The van der Waals surface area contributed by atoms with Crippen molar-refractivity contribution in [3.63, 3.8) is 0 Å². The van der Waals surface area contributed by atoms with Gasteiger partial charge >= 0.3 is 0 Å². The molecule has 1 aliphatic heterocycles. The number of benzene rings is 1. The molecule has 0 aliphatic carbocycles. The lowest BCUT2D eigenvalue weighted by Crippen LogP contribution is -2.52. The van der Waals surface area contributed by atoms with E-state index in [0.717, 1.165) is 68.8 Å². The molecule has 7 nitrogen and oxygen atoms in total. The van der Waals surface area contributed by atoms with Crippen LogP contribution in [0.5, 0.6) is 11.5 Å². The third kappa shape index (κ3) is 7.21. The van der Waals surface area contributed by atoms with Gasteiger partial charge in [0.25, 0.3) is 0 Å². The van der Waals surface area contributed by atoms with Crippen molar-refractivity contribution < 1.29 is 9.47 Å². The van der Waals surface area contributed by atoms with Gasteiger partial charge in [0.15, 0.2) is 17.5 Å². The van der Waals surface area contributed by atoms with E-state index in [1.807, 2.05) is 6.07 Å². The number of rotatable bonds is 8. The maximum absolute atomic E-state index is 5.43. The Morgan fingerprint density at radius 1 is 1.13 bits per heavy atom. The smallest absolute Gasteiger partial charge is 0.194 e. The van der Waals surface area contributed by atoms with E-state index < -0.39 is 0 Å². The van der Waals surface area contributed by atoms with Gasteiger partial charge in [-0.2, -0.15) is 0 Å². The number of hydrogen-bond acceptors (Lipinski definition) is 6. The van der Waals surface area contributed by atoms with E-state index in [-0.39, 0.29) is 24.0 Å². The number of ether oxygens (including phenoxy) is 2. The third-order valence-electron chi connectivity index (χ3n) is 5.15. The maximum atomic E-state index is 5.43. The minimum atomic E-state index is 0. The lowest BCUT2D eigenvalue weighted by molar-refractivity contribution is 0.172. The molecule has 3 rings (SSSR count). The Bertz CT molecular complexity index is 837. The highest BCUT2D eigenvalue weighted by Crippen LogP contribution is 2.28. The van der Waals surface area contributed by atoms with Crippen LogP contribution in [0.25, 0.3) is 0 Å². The van der Waals surface area contributed by atoms with E-state index in [2.05, 4.69) is 51.5 Å². The quantitative estimate of drug-likeness (QED) is 0.303. The number of halogens is 1. The molecule has 172 valence electrons. The van der Waals surface area contributed by atoms with Crippen molar-refractivity contribution in [3.8, 4) is 11.5 Å². The van der Waals surface area contributed by atoms with Crippen LogP contribution in [0.15, 0.2) is 28.6 Å². The second-order valence-corrected chi connectivity index (χ2v) is 8.15. The van der Waals surface area contributed by atoms with Crippen LogP contribution in [-0.4, -0.2) is 67.7 Å². The number of methoxy groups -OCH3 is 2. The number of aryl methyl sites for hydroxylation is 1. The first-order valence-corrected chi connectivity index (χ1v) is 11.4. The first-order valence-electron chi connectivity index (χ1n) is 10.6. The molecule has 0 amide bonds. The number of nitrogens with one attached hydrogen (secondary N) is 1. The lowest BCUT2D eigenvalue weighted by Gasteiger charge is -2.36. The molecule has 2 aromatic rings. The lowest BCUT2D eigenvalue weighted by atomic mass is 10.1. The molecular formula is C22H34IN5O2S. The fraction of sp³-hybridized carbons (Fsp3) is 0.545. The normalized spacial score (nSPS) is 14.8. The summed E-state index contributed by atoms with van der Waals surface area (Å²) in [6.45, 7) is 10.5. The van der Waals surface area contributed by atoms with E-state index in [0.29, 0.717) is 6.54 Å². The molecule has 1 aromatic heterocycles. The molecule has 0 radical (unpaired) electrons. The van der Waals surface area contributed by atoms with E-state index in [9.17, 15) is 0 Å². The van der Waals surface area contributed by atoms with Crippen molar-refractivity contribution in [2.24, 2.45) is 4.99 Å². The Labute approximate surface area is 206 Å². The van der Waals surface area contributed by atoms with Gasteiger partial charge in [0.05, 0.1) is 31.5 Å². The van der Waals surface area contributed by atoms with Crippen LogP contribution in [-0.2, 0) is 19.5 Å². The topological polar surface area (TPSA) is 62.2 Å². The average molecular weight is 560 g/mol. The molecule has 0 saturated carbocycles. The van der Waals surface area contributed by atoms with Crippen molar-refractivity contribution in [2.45, 2.75) is 33.4 Å². The fourth-order valence-electron chi connectivity index (χ4n) is 3.52. The molecule has 0 unspecified atom stereocenters. The van der Waals surface area contributed by atoms with Gasteiger partial charge in [-0.1, -0.05) is 13.0 Å². The van der Waals surface area contributed by atoms with Gasteiger partial charge in [-0.25, -0.2) is 9.98 Å². The second-order valence-electron chi connectivity index (χ2n) is 7.21. The summed E-state index contributed by atoms with van der Waals surface area (Å²) in [6.07, 6.45) is 0.983. The summed E-state index contributed by atoms with van der Waals surface area (Å²) in [5.74, 6) is 2.53. The minimum absolute atomic E-state index is 0. The zero-order valence-corrected chi connectivity index (χ0v) is 22.0. The summed E-state index contributed by atoms with van der Waals surface area (Å²) in [5.41, 5.74) is 2.29. The zero-order valence-electron chi connectivity index (χ0n) is 18.9. The van der Waals surface area contributed by atoms with Crippen LogP contribution in [0.3, 0.4) is 0 Å². The number of hydrogen-bond donors (Lipinski definition) is 1. The summed E-state index contributed by atoms with van der Waals surface area (Å²) in [4.78, 5) is 14.3. The Kier molecular flexibility index (Phi) is 10.8. The third-order valence-corrected chi connectivity index (χ3v) is 6.20. The largest absolute Gasteiger partial charge is 0.493 e. The van der Waals surface area contributed by atoms with Crippen molar-refractivity contribution in [3.05, 3.63) is 39.8 Å². The number of guanidine groups is 1. The molecule has 0 atom stereocenters. The molecule has 31 heavy (non-hydrogen) atoms. The van der Waals surface area contributed by atoms with E-state index in [1.54, 1.807) is 25.6 Å². The standard InChI is InChI=1S/C22H33N5O2S.HI/c1-5-21-25-18(16-30-21)14-24-22(23-6-2)27-11-9-26(10-12-27)15-17-7-8-19(28-3)20(13-17)29-4;/h7-8,13,16H,5-6,9-12,14-15H2,1-4H3,(H,23,24);1H. The van der Waals surface area contributed by atoms with Gasteiger partial charge in [-0.05, 0) is 31.0 Å². The maximum Gasteiger partial charge on any atom is 0.194 e. The van der Waals surface area contributed by atoms with Crippen molar-refractivity contribution in [1.82, 2.24) is 20.1 Å². The van der Waals surface area contributed by atoms with Gasteiger partial charge in [-0.15, -0.1) is 35.3 Å². The summed E-state index contributed by atoms with van der Waals surface area (Å²) >= 11 is 1.72. The Balaban J connectivity index is 0.00000341. The van der Waals surface area contributed by atoms with Gasteiger partial charge in [-0.3, -0.25) is 4.90 Å².